The Bertz CT molecular complexity index is 1070. The Morgan fingerprint density at radius 2 is 1.92 bits per heavy atom. The summed E-state index contributed by atoms with van der Waals surface area (Å²) < 4.78 is 31.8. The maximum absolute atomic E-state index is 12.5. The van der Waals surface area contributed by atoms with Gasteiger partial charge in [0.15, 0.2) is 5.58 Å². The normalized spacial score (nSPS) is 13.0. The molecule has 1 heterocycles. The van der Waals surface area contributed by atoms with Crippen LogP contribution in [0, 0.1) is 0 Å². The minimum atomic E-state index is -4.15. The number of fused-ring (bicyclic) bond motifs is 1. The Morgan fingerprint density at radius 3 is 2.60 bits per heavy atom. The van der Waals surface area contributed by atoms with Gasteiger partial charge in [-0.3, -0.25) is 4.98 Å². The predicted octanol–water partition coefficient (Wildman–Crippen LogP) is -0.239. The maximum atomic E-state index is 12.5. The molecule has 0 spiro atoms. The van der Waals surface area contributed by atoms with Gasteiger partial charge in [0.2, 0.25) is 10.0 Å². The van der Waals surface area contributed by atoms with Crippen molar-refractivity contribution in [3.63, 3.8) is 0 Å². The van der Waals surface area contributed by atoms with Gasteiger partial charge >= 0.3 is 5.76 Å². The van der Waals surface area contributed by atoms with Crippen LogP contribution >= 0.6 is 0 Å². The molecule has 0 fully saturated rings. The number of nitrogens with one attached hydrogen (secondary N) is 2. The minimum absolute atomic E-state index is 0.0564. The number of aromatic amines is 1. The molecule has 0 saturated carbocycles. The number of hydrogen-bond acceptors (Lipinski definition) is 6. The van der Waals surface area contributed by atoms with E-state index >= 15 is 0 Å². The zero-order valence-corrected chi connectivity index (χ0v) is 13.6. The van der Waals surface area contributed by atoms with Crippen molar-refractivity contribution < 1.29 is 22.7 Å². The first-order valence-corrected chi connectivity index (χ1v) is 8.73. The van der Waals surface area contributed by atoms with Gasteiger partial charge in [0.05, 0.1) is 22.4 Å². The number of H-pyrrole nitrogens is 1. The van der Waals surface area contributed by atoms with Crippen LogP contribution in [0.15, 0.2) is 62.6 Å². The molecule has 0 radical (unpaired) electrons. The van der Waals surface area contributed by atoms with E-state index < -0.39 is 27.8 Å². The molecule has 130 valence electrons. The molecular weight excluding hydrogens is 348 g/mol. The van der Waals surface area contributed by atoms with Crippen LogP contribution in [0.3, 0.4) is 0 Å². The van der Waals surface area contributed by atoms with Crippen molar-refractivity contribution >= 4 is 27.1 Å². The first-order valence-electron chi connectivity index (χ1n) is 7.25. The third kappa shape index (κ3) is 3.78. The molecule has 0 aliphatic carbocycles. The molecule has 1 aromatic heterocycles. The summed E-state index contributed by atoms with van der Waals surface area (Å²) in [6.45, 7) is 0. The van der Waals surface area contributed by atoms with E-state index in [0.717, 1.165) is 6.07 Å². The lowest BCUT2D eigenvalue weighted by molar-refractivity contribution is -0.307. The molecule has 25 heavy (non-hydrogen) atoms. The first kappa shape index (κ1) is 16.9. The van der Waals surface area contributed by atoms with E-state index in [1.54, 1.807) is 30.3 Å². The van der Waals surface area contributed by atoms with Crippen molar-refractivity contribution in [1.29, 1.82) is 0 Å². The van der Waals surface area contributed by atoms with Gasteiger partial charge in [0.25, 0.3) is 0 Å². The van der Waals surface area contributed by atoms with Gasteiger partial charge in [-0.15, -0.1) is 0 Å². The second-order valence-electron chi connectivity index (χ2n) is 5.36. The van der Waals surface area contributed by atoms with Gasteiger partial charge in [-0.05, 0) is 24.1 Å². The number of rotatable bonds is 6. The summed E-state index contributed by atoms with van der Waals surface area (Å²) in [5.74, 6) is -2.25. The standard InChI is InChI=1S/C16H14N2O6S/c19-15(20)13(8-10-4-2-1-3-5-10)18-25(22,23)11-6-7-12-14(9-11)24-16(21)17-12/h1-7,9,13,18H,8H2,(H,17,21)(H,19,20)/p-1/t13-/m0/s1. The number of benzene rings is 2. The van der Waals surface area contributed by atoms with Crippen LogP contribution in [0.1, 0.15) is 5.56 Å². The van der Waals surface area contributed by atoms with Gasteiger partial charge in [-0.1, -0.05) is 30.3 Å². The van der Waals surface area contributed by atoms with Crippen LogP contribution in [0.25, 0.3) is 11.1 Å². The summed E-state index contributed by atoms with van der Waals surface area (Å²) in [5.41, 5.74) is 1.04. The third-order valence-electron chi connectivity index (χ3n) is 3.57. The number of aromatic nitrogens is 1. The van der Waals surface area contributed by atoms with Crippen LogP contribution in [-0.2, 0) is 21.2 Å². The van der Waals surface area contributed by atoms with E-state index in [0.29, 0.717) is 11.1 Å². The molecule has 9 heteroatoms. The highest BCUT2D eigenvalue weighted by Crippen LogP contribution is 2.17. The van der Waals surface area contributed by atoms with Crippen molar-refractivity contribution in [2.24, 2.45) is 0 Å². The second kappa shape index (κ2) is 6.54. The minimum Gasteiger partial charge on any atom is -0.548 e. The Morgan fingerprint density at radius 1 is 1.20 bits per heavy atom. The molecule has 3 aromatic rings. The number of carboxylic acids is 1. The SMILES string of the molecule is O=C([O-])[C@H](Cc1ccccc1)NS(=O)(=O)c1ccc2[nH]c(=O)oc2c1. The fourth-order valence-electron chi connectivity index (χ4n) is 2.37. The third-order valence-corrected chi connectivity index (χ3v) is 5.04. The predicted molar refractivity (Wildman–Crippen MR) is 86.1 cm³/mol. The highest BCUT2D eigenvalue weighted by Gasteiger charge is 2.22. The molecule has 0 aliphatic heterocycles. The lowest BCUT2D eigenvalue weighted by Crippen LogP contribution is -2.49. The molecule has 3 rings (SSSR count). The monoisotopic (exact) mass is 361 g/mol. The smallest absolute Gasteiger partial charge is 0.417 e. The summed E-state index contributed by atoms with van der Waals surface area (Å²) >= 11 is 0. The van der Waals surface area contributed by atoms with Gasteiger partial charge in [-0.2, -0.15) is 0 Å². The summed E-state index contributed by atoms with van der Waals surface area (Å²) in [4.78, 5) is 24.6. The molecule has 1 atom stereocenters. The van der Waals surface area contributed by atoms with Crippen LogP contribution in [0.5, 0.6) is 0 Å². The lowest BCUT2D eigenvalue weighted by atomic mass is 10.1. The number of carbonyl (C=O) groups is 1. The van der Waals surface area contributed by atoms with Crippen LogP contribution in [0.2, 0.25) is 0 Å². The van der Waals surface area contributed by atoms with Crippen molar-refractivity contribution in [2.45, 2.75) is 17.4 Å². The van der Waals surface area contributed by atoms with Crippen LogP contribution in [0.4, 0.5) is 0 Å². The highest BCUT2D eigenvalue weighted by atomic mass is 32.2. The van der Waals surface area contributed by atoms with Crippen molar-refractivity contribution in [3.05, 3.63) is 64.6 Å². The van der Waals surface area contributed by atoms with Crippen molar-refractivity contribution in [3.8, 4) is 0 Å². The fraction of sp³-hybridized carbons (Fsp3) is 0.125. The van der Waals surface area contributed by atoms with Crippen molar-refractivity contribution in [1.82, 2.24) is 9.71 Å². The number of hydrogen-bond donors (Lipinski definition) is 2. The van der Waals surface area contributed by atoms with E-state index in [4.69, 9.17) is 4.42 Å². The molecule has 0 aliphatic rings. The van der Waals surface area contributed by atoms with Gasteiger partial charge in [-0.25, -0.2) is 17.9 Å². The molecule has 2 N–H and O–H groups in total. The zero-order valence-electron chi connectivity index (χ0n) is 12.8. The number of sulfonamides is 1. The van der Waals surface area contributed by atoms with E-state index in [2.05, 4.69) is 9.71 Å². The number of aliphatic carboxylic acids is 1. The van der Waals surface area contributed by atoms with Gasteiger partial charge in [0, 0.05) is 6.07 Å². The van der Waals surface area contributed by atoms with Crippen LogP contribution in [-0.4, -0.2) is 25.4 Å². The molecular formula is C16H13N2O6S-. The molecule has 0 bridgehead atoms. The molecule has 2 aromatic carbocycles. The lowest BCUT2D eigenvalue weighted by Gasteiger charge is -2.19. The summed E-state index contributed by atoms with van der Waals surface area (Å²) in [6.07, 6.45) is -0.0656. The topological polar surface area (TPSA) is 132 Å². The van der Waals surface area contributed by atoms with Crippen molar-refractivity contribution in [2.75, 3.05) is 0 Å². The molecule has 0 saturated heterocycles. The van der Waals surface area contributed by atoms with Gasteiger partial charge in [0.1, 0.15) is 0 Å². The summed E-state index contributed by atoms with van der Waals surface area (Å²) in [5, 5.41) is 11.3. The number of carboxylic acid groups (broad SMARTS) is 1. The molecule has 0 unspecified atom stereocenters. The second-order valence-corrected chi connectivity index (χ2v) is 7.07. The summed E-state index contributed by atoms with van der Waals surface area (Å²) in [6, 6.07) is 10.9. The zero-order chi connectivity index (χ0) is 18.0. The van der Waals surface area contributed by atoms with E-state index in [1.807, 2.05) is 0 Å². The largest absolute Gasteiger partial charge is 0.548 e. The number of oxazole rings is 1. The Labute approximate surface area is 142 Å². The Kier molecular flexibility index (Phi) is 4.43. The Hall–Kier alpha value is -2.91. The quantitative estimate of drug-likeness (QED) is 0.623. The first-order chi connectivity index (χ1) is 11.8. The number of carbonyl (C=O) groups excluding carboxylic acids is 1. The van der Waals surface area contributed by atoms with Crippen LogP contribution < -0.4 is 15.6 Å². The van der Waals surface area contributed by atoms with Gasteiger partial charge < -0.3 is 14.3 Å². The average Bonchev–Trinajstić information content (AvgIpc) is 2.94. The summed E-state index contributed by atoms with van der Waals surface area (Å²) in [7, 11) is -4.15. The van der Waals surface area contributed by atoms with E-state index in [9.17, 15) is 23.1 Å². The molecule has 0 amide bonds. The fourth-order valence-corrected chi connectivity index (χ4v) is 3.57. The van der Waals surface area contributed by atoms with E-state index in [-0.39, 0.29) is 16.9 Å². The van der Waals surface area contributed by atoms with E-state index in [1.165, 1.54) is 12.1 Å². The highest BCUT2D eigenvalue weighted by molar-refractivity contribution is 7.89. The average molecular weight is 361 g/mol. The Balaban J connectivity index is 1.88. The molecule has 8 nitrogen and oxygen atoms in total. The maximum Gasteiger partial charge on any atom is 0.417 e.